The molecule has 1 aliphatic carbocycles. The normalized spacial score (nSPS) is 29.4. The van der Waals surface area contributed by atoms with Crippen LogP contribution in [0.25, 0.3) is 0 Å². The van der Waals surface area contributed by atoms with Crippen LogP contribution in [0, 0.1) is 17.3 Å². The minimum absolute atomic E-state index is 0.457. The van der Waals surface area contributed by atoms with Crippen molar-refractivity contribution in [2.75, 3.05) is 13.6 Å². The maximum atomic E-state index is 3.39. The molecule has 1 aliphatic rings. The second-order valence-corrected chi connectivity index (χ2v) is 7.64. The second kappa shape index (κ2) is 5.75. The zero-order valence-electron chi connectivity index (χ0n) is 12.2. The lowest BCUT2D eigenvalue weighted by atomic mass is 9.64. The van der Waals surface area contributed by atoms with Gasteiger partial charge in [-0.25, -0.2) is 0 Å². The molecule has 2 rings (SSSR count). The molecule has 0 aromatic carbocycles. The summed E-state index contributed by atoms with van der Waals surface area (Å²) < 4.78 is 0. The van der Waals surface area contributed by atoms with Gasteiger partial charge in [-0.15, -0.1) is 0 Å². The summed E-state index contributed by atoms with van der Waals surface area (Å²) in [7, 11) is 2.08. The minimum atomic E-state index is 0.457. The first-order valence-corrected chi connectivity index (χ1v) is 8.13. The van der Waals surface area contributed by atoms with Crippen molar-refractivity contribution < 1.29 is 0 Å². The molecule has 0 spiro atoms. The number of nitrogens with one attached hydrogen (secondary N) is 1. The SMILES string of the molecule is CNCC1CCC(C(C)(C)C)CC1c1ccsc1. The van der Waals surface area contributed by atoms with Gasteiger partial charge in [0, 0.05) is 0 Å². The van der Waals surface area contributed by atoms with Crippen molar-refractivity contribution in [3.8, 4) is 0 Å². The van der Waals surface area contributed by atoms with Crippen molar-refractivity contribution in [3.05, 3.63) is 22.4 Å². The van der Waals surface area contributed by atoms with Gasteiger partial charge in [0.2, 0.25) is 0 Å². The standard InChI is InChI=1S/C16H27NS/c1-16(2,3)14-6-5-12(10-17-4)15(9-14)13-7-8-18-11-13/h7-8,11-12,14-15,17H,5-6,9-10H2,1-4H3. The Morgan fingerprint density at radius 2 is 2.11 bits per heavy atom. The molecule has 2 heteroatoms. The zero-order valence-corrected chi connectivity index (χ0v) is 13.0. The van der Waals surface area contributed by atoms with Gasteiger partial charge in [0.05, 0.1) is 0 Å². The van der Waals surface area contributed by atoms with E-state index in [1.165, 1.54) is 19.3 Å². The Hall–Kier alpha value is -0.340. The Morgan fingerprint density at radius 3 is 2.67 bits per heavy atom. The highest BCUT2D eigenvalue weighted by Crippen LogP contribution is 2.46. The molecular weight excluding hydrogens is 238 g/mol. The smallest absolute Gasteiger partial charge is 0.00177 e. The van der Waals surface area contributed by atoms with Crippen LogP contribution in [0.2, 0.25) is 0 Å². The van der Waals surface area contributed by atoms with Crippen LogP contribution < -0.4 is 5.32 Å². The van der Waals surface area contributed by atoms with E-state index in [2.05, 4.69) is 50.0 Å². The van der Waals surface area contributed by atoms with Crippen molar-refractivity contribution in [1.82, 2.24) is 5.32 Å². The topological polar surface area (TPSA) is 12.0 Å². The van der Waals surface area contributed by atoms with E-state index in [-0.39, 0.29) is 0 Å². The van der Waals surface area contributed by atoms with Crippen LogP contribution >= 0.6 is 11.3 Å². The molecule has 1 N–H and O–H groups in total. The minimum Gasteiger partial charge on any atom is -0.319 e. The third kappa shape index (κ3) is 3.16. The van der Waals surface area contributed by atoms with Gasteiger partial charge < -0.3 is 5.32 Å². The molecule has 3 atom stereocenters. The molecule has 0 saturated heterocycles. The van der Waals surface area contributed by atoms with Crippen LogP contribution in [-0.4, -0.2) is 13.6 Å². The largest absolute Gasteiger partial charge is 0.319 e. The van der Waals surface area contributed by atoms with E-state index < -0.39 is 0 Å². The van der Waals surface area contributed by atoms with Gasteiger partial charge in [-0.2, -0.15) is 11.3 Å². The van der Waals surface area contributed by atoms with Crippen molar-refractivity contribution in [3.63, 3.8) is 0 Å². The van der Waals surface area contributed by atoms with Crippen LogP contribution in [0.4, 0.5) is 0 Å². The first kappa shape index (κ1) is 14.1. The molecule has 102 valence electrons. The van der Waals surface area contributed by atoms with E-state index in [1.807, 2.05) is 11.3 Å². The molecule has 3 unspecified atom stereocenters. The molecular formula is C16H27NS. The average molecular weight is 265 g/mol. The van der Waals surface area contributed by atoms with E-state index in [9.17, 15) is 0 Å². The molecule has 1 nitrogen and oxygen atoms in total. The lowest BCUT2D eigenvalue weighted by molar-refractivity contribution is 0.130. The summed E-state index contributed by atoms with van der Waals surface area (Å²) in [6.07, 6.45) is 4.15. The lowest BCUT2D eigenvalue weighted by Crippen LogP contribution is -2.34. The van der Waals surface area contributed by atoms with E-state index >= 15 is 0 Å². The third-order valence-corrected chi connectivity index (χ3v) is 5.36. The highest BCUT2D eigenvalue weighted by molar-refractivity contribution is 7.07. The van der Waals surface area contributed by atoms with E-state index in [0.717, 1.165) is 24.3 Å². The zero-order chi connectivity index (χ0) is 13.2. The molecule has 1 aromatic heterocycles. The number of rotatable bonds is 3. The first-order chi connectivity index (χ1) is 8.52. The molecule has 0 bridgehead atoms. The summed E-state index contributed by atoms with van der Waals surface area (Å²) in [6.45, 7) is 8.37. The molecule has 1 saturated carbocycles. The van der Waals surface area contributed by atoms with Gasteiger partial charge in [0.15, 0.2) is 0 Å². The maximum absolute atomic E-state index is 3.39. The molecule has 1 fully saturated rings. The van der Waals surface area contributed by atoms with Crippen LogP contribution in [0.3, 0.4) is 0 Å². The van der Waals surface area contributed by atoms with Crippen LogP contribution in [-0.2, 0) is 0 Å². The van der Waals surface area contributed by atoms with Crippen molar-refractivity contribution >= 4 is 11.3 Å². The Bertz CT molecular complexity index is 350. The Labute approximate surface area is 116 Å². The lowest BCUT2D eigenvalue weighted by Gasteiger charge is -2.42. The summed E-state index contributed by atoms with van der Waals surface area (Å²) in [6, 6.07) is 2.34. The fourth-order valence-corrected chi connectivity index (χ4v) is 4.15. The average Bonchev–Trinajstić information content (AvgIpc) is 2.82. The maximum Gasteiger partial charge on any atom is -0.00177 e. The Morgan fingerprint density at radius 1 is 1.33 bits per heavy atom. The summed E-state index contributed by atoms with van der Waals surface area (Å²) in [5.74, 6) is 2.46. The third-order valence-electron chi connectivity index (χ3n) is 4.66. The summed E-state index contributed by atoms with van der Waals surface area (Å²) in [5.41, 5.74) is 2.04. The molecule has 0 radical (unpaired) electrons. The fourth-order valence-electron chi connectivity index (χ4n) is 3.42. The van der Waals surface area contributed by atoms with Crippen molar-refractivity contribution in [2.45, 2.75) is 46.0 Å². The second-order valence-electron chi connectivity index (χ2n) is 6.86. The summed E-state index contributed by atoms with van der Waals surface area (Å²) in [4.78, 5) is 0. The number of hydrogen-bond donors (Lipinski definition) is 1. The Balaban J connectivity index is 2.14. The van der Waals surface area contributed by atoms with E-state index in [1.54, 1.807) is 5.56 Å². The van der Waals surface area contributed by atoms with Gasteiger partial charge in [-0.3, -0.25) is 0 Å². The van der Waals surface area contributed by atoms with E-state index in [0.29, 0.717) is 5.41 Å². The Kier molecular flexibility index (Phi) is 4.50. The molecule has 1 heterocycles. The van der Waals surface area contributed by atoms with Crippen LogP contribution in [0.1, 0.15) is 51.5 Å². The van der Waals surface area contributed by atoms with Gasteiger partial charge in [-0.05, 0) is 78.4 Å². The highest BCUT2D eigenvalue weighted by atomic mass is 32.1. The predicted molar refractivity (Wildman–Crippen MR) is 81.3 cm³/mol. The van der Waals surface area contributed by atoms with Crippen molar-refractivity contribution in [2.24, 2.45) is 17.3 Å². The predicted octanol–water partition coefficient (Wildman–Crippen LogP) is 4.51. The molecule has 1 aromatic rings. The van der Waals surface area contributed by atoms with Gasteiger partial charge >= 0.3 is 0 Å². The fraction of sp³-hybridized carbons (Fsp3) is 0.750. The molecule has 0 aliphatic heterocycles. The van der Waals surface area contributed by atoms with Crippen LogP contribution in [0.15, 0.2) is 16.8 Å². The molecule has 18 heavy (non-hydrogen) atoms. The van der Waals surface area contributed by atoms with Gasteiger partial charge in [0.1, 0.15) is 0 Å². The molecule has 0 amide bonds. The number of thiophene rings is 1. The van der Waals surface area contributed by atoms with Gasteiger partial charge in [0.25, 0.3) is 0 Å². The highest BCUT2D eigenvalue weighted by Gasteiger charge is 2.36. The van der Waals surface area contributed by atoms with Gasteiger partial charge in [-0.1, -0.05) is 20.8 Å². The number of hydrogen-bond acceptors (Lipinski definition) is 2. The first-order valence-electron chi connectivity index (χ1n) is 7.19. The van der Waals surface area contributed by atoms with Crippen molar-refractivity contribution in [1.29, 1.82) is 0 Å². The summed E-state index contributed by atoms with van der Waals surface area (Å²) >= 11 is 1.84. The monoisotopic (exact) mass is 265 g/mol. The summed E-state index contributed by atoms with van der Waals surface area (Å²) in [5, 5.41) is 7.97. The van der Waals surface area contributed by atoms with Crippen LogP contribution in [0.5, 0.6) is 0 Å². The quantitative estimate of drug-likeness (QED) is 0.847. The van der Waals surface area contributed by atoms with E-state index in [4.69, 9.17) is 0 Å².